The Balaban J connectivity index is 1.82. The highest BCUT2D eigenvalue weighted by atomic mass is 79.9. The van der Waals surface area contributed by atoms with Crippen LogP contribution in [0.1, 0.15) is 36.8 Å². The van der Waals surface area contributed by atoms with Gasteiger partial charge in [-0.25, -0.2) is 4.79 Å². The molecule has 0 bridgehead atoms. The predicted molar refractivity (Wildman–Crippen MR) is 111 cm³/mol. The summed E-state index contributed by atoms with van der Waals surface area (Å²) in [7, 11) is 1.76. The minimum absolute atomic E-state index is 0.170. The fourth-order valence-electron chi connectivity index (χ4n) is 3.35. The van der Waals surface area contributed by atoms with E-state index in [0.717, 1.165) is 32.3 Å². The Morgan fingerprint density at radius 2 is 1.89 bits per heavy atom. The molecule has 3 rings (SSSR count). The zero-order chi connectivity index (χ0) is 19.6. The molecule has 142 valence electrons. The van der Waals surface area contributed by atoms with Crippen LogP contribution in [-0.4, -0.2) is 18.0 Å². The van der Waals surface area contributed by atoms with Crippen LogP contribution in [0.3, 0.4) is 0 Å². The Morgan fingerprint density at radius 3 is 2.56 bits per heavy atom. The molecule has 1 unspecified atom stereocenters. The first-order valence-electron chi connectivity index (χ1n) is 9.00. The number of amides is 1. The molecule has 2 aromatic carbocycles. The molecule has 0 aliphatic carbocycles. The van der Waals surface area contributed by atoms with Gasteiger partial charge in [0.25, 0.3) is 0 Å². The third-order valence-electron chi connectivity index (χ3n) is 4.62. The van der Waals surface area contributed by atoms with Crippen molar-refractivity contribution in [3.63, 3.8) is 0 Å². The highest BCUT2D eigenvalue weighted by Gasteiger charge is 2.29. The van der Waals surface area contributed by atoms with Gasteiger partial charge >= 0.3 is 6.09 Å². The molecule has 0 aliphatic rings. The van der Waals surface area contributed by atoms with Gasteiger partial charge in [0, 0.05) is 16.9 Å². The number of fused-ring (bicyclic) bond motifs is 1. The van der Waals surface area contributed by atoms with Gasteiger partial charge < -0.3 is 14.1 Å². The number of hydrogen-bond acceptors (Lipinski definition) is 3. The second kappa shape index (κ2) is 8.17. The Kier molecular flexibility index (Phi) is 5.90. The maximum absolute atomic E-state index is 12.6. The molecule has 0 spiro atoms. The first kappa shape index (κ1) is 19.5. The second-order valence-corrected chi connectivity index (χ2v) is 8.05. The van der Waals surface area contributed by atoms with E-state index in [1.807, 2.05) is 55.5 Å². The van der Waals surface area contributed by atoms with Crippen molar-refractivity contribution in [2.24, 2.45) is 5.92 Å². The van der Waals surface area contributed by atoms with Crippen molar-refractivity contribution < 1.29 is 13.9 Å². The van der Waals surface area contributed by atoms with Crippen LogP contribution in [0.15, 0.2) is 57.4 Å². The molecule has 1 aromatic heterocycles. The van der Waals surface area contributed by atoms with E-state index < -0.39 is 0 Å². The number of ether oxygens (including phenoxy) is 1. The molecule has 0 N–H and O–H groups in total. The van der Waals surface area contributed by atoms with Gasteiger partial charge in [-0.3, -0.25) is 0 Å². The van der Waals surface area contributed by atoms with Crippen molar-refractivity contribution in [3.05, 3.63) is 69.9 Å². The van der Waals surface area contributed by atoms with Gasteiger partial charge in [0.1, 0.15) is 18.0 Å². The molecule has 1 amide bonds. The van der Waals surface area contributed by atoms with Gasteiger partial charge in [-0.15, -0.1) is 0 Å². The van der Waals surface area contributed by atoms with Crippen LogP contribution in [0.5, 0.6) is 0 Å². The molecular formula is C22H24BrNO3. The molecule has 27 heavy (non-hydrogen) atoms. The molecule has 5 heteroatoms. The SMILES string of the molecule is Cc1cc(Br)cc2cc(C(C(C)C)N(C)C(=O)OCc3ccccc3)oc12. The minimum Gasteiger partial charge on any atom is -0.459 e. The standard InChI is InChI=1S/C22H24BrNO3/c1-14(2)20(19-12-17-11-18(23)10-15(3)21(17)27-19)24(4)22(25)26-13-16-8-6-5-7-9-16/h5-12,14,20H,13H2,1-4H3. The fourth-order valence-corrected chi connectivity index (χ4v) is 3.94. The largest absolute Gasteiger partial charge is 0.459 e. The van der Waals surface area contributed by atoms with Gasteiger partial charge in [-0.1, -0.05) is 60.1 Å². The van der Waals surface area contributed by atoms with E-state index in [4.69, 9.17) is 9.15 Å². The van der Waals surface area contributed by atoms with Crippen molar-refractivity contribution in [2.75, 3.05) is 7.05 Å². The number of benzene rings is 2. The predicted octanol–water partition coefficient (Wildman–Crippen LogP) is 6.47. The molecule has 0 saturated heterocycles. The van der Waals surface area contributed by atoms with Gasteiger partial charge in [0.05, 0.1) is 6.04 Å². The van der Waals surface area contributed by atoms with Gasteiger partial charge in [0.2, 0.25) is 0 Å². The number of furan rings is 1. The van der Waals surface area contributed by atoms with E-state index in [9.17, 15) is 4.79 Å². The monoisotopic (exact) mass is 429 g/mol. The number of carbonyl (C=O) groups is 1. The molecule has 0 fully saturated rings. The normalized spacial score (nSPS) is 12.4. The summed E-state index contributed by atoms with van der Waals surface area (Å²) in [6, 6.07) is 15.5. The average molecular weight is 430 g/mol. The van der Waals surface area contributed by atoms with Crippen molar-refractivity contribution in [3.8, 4) is 0 Å². The first-order chi connectivity index (χ1) is 12.9. The quantitative estimate of drug-likeness (QED) is 0.466. The van der Waals surface area contributed by atoms with Crippen molar-refractivity contribution in [1.29, 1.82) is 0 Å². The highest BCUT2D eigenvalue weighted by molar-refractivity contribution is 9.10. The summed E-state index contributed by atoms with van der Waals surface area (Å²) in [6.45, 7) is 6.41. The lowest BCUT2D eigenvalue weighted by atomic mass is 10.0. The van der Waals surface area contributed by atoms with Crippen LogP contribution in [0.2, 0.25) is 0 Å². The van der Waals surface area contributed by atoms with E-state index in [1.165, 1.54) is 0 Å². The number of aryl methyl sites for hydroxylation is 1. The zero-order valence-electron chi connectivity index (χ0n) is 16.0. The topological polar surface area (TPSA) is 42.7 Å². The van der Waals surface area contributed by atoms with Gasteiger partial charge in [-0.05, 0) is 42.2 Å². The van der Waals surface area contributed by atoms with E-state index in [2.05, 4.69) is 29.8 Å². The third kappa shape index (κ3) is 4.35. The summed E-state index contributed by atoms with van der Waals surface area (Å²) in [4.78, 5) is 14.2. The molecule has 0 aliphatic heterocycles. The molecule has 1 atom stereocenters. The number of nitrogens with zero attached hydrogens (tertiary/aromatic N) is 1. The smallest absolute Gasteiger partial charge is 0.410 e. The van der Waals surface area contributed by atoms with Crippen LogP contribution >= 0.6 is 15.9 Å². The van der Waals surface area contributed by atoms with Crippen LogP contribution in [0, 0.1) is 12.8 Å². The van der Waals surface area contributed by atoms with E-state index >= 15 is 0 Å². The summed E-state index contributed by atoms with van der Waals surface area (Å²) in [6.07, 6.45) is -0.365. The molecule has 1 heterocycles. The summed E-state index contributed by atoms with van der Waals surface area (Å²) >= 11 is 3.53. The zero-order valence-corrected chi connectivity index (χ0v) is 17.6. The van der Waals surface area contributed by atoms with E-state index in [0.29, 0.717) is 0 Å². The van der Waals surface area contributed by atoms with Crippen LogP contribution < -0.4 is 0 Å². The lowest BCUT2D eigenvalue weighted by molar-refractivity contribution is 0.0771. The number of halogens is 1. The number of hydrogen-bond donors (Lipinski definition) is 0. The maximum atomic E-state index is 12.6. The van der Waals surface area contributed by atoms with Crippen molar-refractivity contribution >= 4 is 33.0 Å². The lowest BCUT2D eigenvalue weighted by Crippen LogP contribution is -2.34. The average Bonchev–Trinajstić information content (AvgIpc) is 3.04. The summed E-state index contributed by atoms with van der Waals surface area (Å²) in [5.74, 6) is 0.934. The molecule has 0 saturated carbocycles. The second-order valence-electron chi connectivity index (χ2n) is 7.13. The molecule has 4 nitrogen and oxygen atoms in total. The van der Waals surface area contributed by atoms with Gasteiger partial charge in [-0.2, -0.15) is 0 Å². The Bertz CT molecular complexity index is 933. The van der Waals surface area contributed by atoms with E-state index in [1.54, 1.807) is 11.9 Å². The summed E-state index contributed by atoms with van der Waals surface area (Å²) < 4.78 is 12.6. The van der Waals surface area contributed by atoms with E-state index in [-0.39, 0.29) is 24.7 Å². The van der Waals surface area contributed by atoms with Crippen LogP contribution in [0.25, 0.3) is 11.0 Å². The highest BCUT2D eigenvalue weighted by Crippen LogP contribution is 2.35. The third-order valence-corrected chi connectivity index (χ3v) is 5.08. The minimum atomic E-state index is -0.365. The number of rotatable bonds is 5. The lowest BCUT2D eigenvalue weighted by Gasteiger charge is -2.29. The van der Waals surface area contributed by atoms with Crippen molar-refractivity contribution in [1.82, 2.24) is 4.90 Å². The fraction of sp³-hybridized carbons (Fsp3) is 0.318. The number of carbonyl (C=O) groups excluding carboxylic acids is 1. The molecular weight excluding hydrogens is 406 g/mol. The Morgan fingerprint density at radius 1 is 1.19 bits per heavy atom. The summed E-state index contributed by atoms with van der Waals surface area (Å²) in [5, 5.41) is 1.02. The van der Waals surface area contributed by atoms with Gasteiger partial charge in [0.15, 0.2) is 0 Å². The first-order valence-corrected chi connectivity index (χ1v) is 9.79. The Hall–Kier alpha value is -2.27. The molecule has 0 radical (unpaired) electrons. The van der Waals surface area contributed by atoms with Crippen molar-refractivity contribution in [2.45, 2.75) is 33.4 Å². The summed E-state index contributed by atoms with van der Waals surface area (Å²) in [5.41, 5.74) is 2.87. The van der Waals surface area contributed by atoms with Crippen LogP contribution in [0.4, 0.5) is 4.79 Å². The maximum Gasteiger partial charge on any atom is 0.410 e. The Labute approximate surface area is 168 Å². The van der Waals surface area contributed by atoms with Crippen LogP contribution in [-0.2, 0) is 11.3 Å². The molecule has 3 aromatic rings.